The first-order chi connectivity index (χ1) is 16.2. The number of aromatic nitrogens is 4. The fourth-order valence-electron chi connectivity index (χ4n) is 5.89. The van der Waals surface area contributed by atoms with Crippen LogP contribution in [-0.4, -0.2) is 46.1 Å². The second kappa shape index (κ2) is 7.85. The van der Waals surface area contributed by atoms with Gasteiger partial charge in [-0.25, -0.2) is 15.0 Å². The van der Waals surface area contributed by atoms with Crippen molar-refractivity contribution in [2.75, 3.05) is 31.1 Å². The molecule has 4 aromatic heterocycles. The highest BCUT2D eigenvalue weighted by Crippen LogP contribution is 2.40. The molecule has 1 saturated heterocycles. The van der Waals surface area contributed by atoms with Gasteiger partial charge < -0.3 is 14.8 Å². The number of hydrogen-bond donors (Lipinski definition) is 2. The summed E-state index contributed by atoms with van der Waals surface area (Å²) in [5, 5.41) is 2.16. The second-order valence-corrected chi connectivity index (χ2v) is 11.7. The lowest BCUT2D eigenvalue weighted by atomic mass is 9.97. The van der Waals surface area contributed by atoms with Gasteiger partial charge in [0.1, 0.15) is 28.4 Å². The second-order valence-electron chi connectivity index (χ2n) is 9.55. The number of aromatic amines is 1. The zero-order valence-electron chi connectivity index (χ0n) is 18.6. The molecule has 9 heteroatoms. The van der Waals surface area contributed by atoms with Gasteiger partial charge in [-0.3, -0.25) is 4.79 Å². The first-order valence-corrected chi connectivity index (χ1v) is 13.7. The number of quaternary nitrogens is 1. The number of rotatable bonds is 3. The zero-order valence-corrected chi connectivity index (χ0v) is 20.2. The summed E-state index contributed by atoms with van der Waals surface area (Å²) in [7, 11) is 0. The molecule has 0 bridgehead atoms. The van der Waals surface area contributed by atoms with Crippen molar-refractivity contribution in [3.63, 3.8) is 0 Å². The number of nitrogens with one attached hydrogen (secondary N) is 2. The van der Waals surface area contributed by atoms with Gasteiger partial charge in [-0.1, -0.05) is 0 Å². The van der Waals surface area contributed by atoms with Crippen molar-refractivity contribution in [2.45, 2.75) is 51.5 Å². The highest BCUT2D eigenvalue weighted by atomic mass is 32.1. The van der Waals surface area contributed by atoms with E-state index in [1.807, 2.05) is 11.3 Å². The van der Waals surface area contributed by atoms with Gasteiger partial charge in [0.15, 0.2) is 5.82 Å². The van der Waals surface area contributed by atoms with Crippen molar-refractivity contribution in [3.05, 3.63) is 43.4 Å². The van der Waals surface area contributed by atoms with Crippen LogP contribution in [0.15, 0.2) is 11.1 Å². The summed E-state index contributed by atoms with van der Waals surface area (Å²) in [6.07, 6.45) is 9.87. The first-order valence-electron chi connectivity index (χ1n) is 12.1. The topological polar surface area (TPSA) is 79.2 Å². The molecule has 0 spiro atoms. The Hall–Kier alpha value is -2.36. The molecule has 1 fully saturated rings. The van der Waals surface area contributed by atoms with Crippen LogP contribution in [0.1, 0.15) is 46.0 Å². The van der Waals surface area contributed by atoms with Crippen LogP contribution in [0.3, 0.4) is 0 Å². The number of fused-ring (bicyclic) bond motifs is 6. The molecular weight excluding hydrogens is 452 g/mol. The Morgan fingerprint density at radius 2 is 1.64 bits per heavy atom. The Balaban J connectivity index is 1.10. The molecule has 5 heterocycles. The van der Waals surface area contributed by atoms with E-state index in [4.69, 9.17) is 9.97 Å². The summed E-state index contributed by atoms with van der Waals surface area (Å²) in [6, 6.07) is 0. The van der Waals surface area contributed by atoms with Crippen LogP contribution in [0.2, 0.25) is 0 Å². The maximum Gasteiger partial charge on any atom is 0.260 e. The van der Waals surface area contributed by atoms with Crippen molar-refractivity contribution in [1.82, 2.24) is 19.9 Å². The Kier molecular flexibility index (Phi) is 4.77. The normalized spacial score (nSPS) is 18.8. The highest BCUT2D eigenvalue weighted by molar-refractivity contribution is 7.19. The van der Waals surface area contributed by atoms with E-state index in [-0.39, 0.29) is 5.56 Å². The summed E-state index contributed by atoms with van der Waals surface area (Å²) in [4.78, 5) is 39.1. The van der Waals surface area contributed by atoms with E-state index in [2.05, 4.69) is 14.9 Å². The van der Waals surface area contributed by atoms with Crippen LogP contribution in [0.25, 0.3) is 20.4 Å². The van der Waals surface area contributed by atoms with Crippen molar-refractivity contribution < 1.29 is 4.90 Å². The standard InChI is InChI=1S/C24H26N6OS2/c31-22-20-15-4-1-2-6-16(15)33-24(20)28-18(27-22)12-29-8-10-30(11-9-29)21-19-14-5-3-7-17(14)32-23(19)26-13-25-21/h13H,1-12H2,(H,27,28,31)/p+1. The molecule has 2 aliphatic carbocycles. The monoisotopic (exact) mass is 479 g/mol. The molecule has 3 aliphatic rings. The van der Waals surface area contributed by atoms with Crippen molar-refractivity contribution in [1.29, 1.82) is 0 Å². The molecule has 4 aromatic rings. The zero-order chi connectivity index (χ0) is 21.9. The molecule has 0 unspecified atom stereocenters. The Morgan fingerprint density at radius 1 is 0.909 bits per heavy atom. The maximum atomic E-state index is 12.9. The van der Waals surface area contributed by atoms with E-state index in [1.165, 1.54) is 56.9 Å². The van der Waals surface area contributed by atoms with Crippen LogP contribution in [0.4, 0.5) is 5.82 Å². The van der Waals surface area contributed by atoms with Gasteiger partial charge in [0.25, 0.3) is 5.56 Å². The minimum atomic E-state index is 0.0575. The number of thiophene rings is 2. The lowest BCUT2D eigenvalue weighted by Gasteiger charge is -2.33. The van der Waals surface area contributed by atoms with Crippen LogP contribution in [-0.2, 0) is 32.2 Å². The lowest BCUT2D eigenvalue weighted by Crippen LogP contribution is -3.13. The van der Waals surface area contributed by atoms with Crippen LogP contribution in [0, 0.1) is 0 Å². The van der Waals surface area contributed by atoms with E-state index < -0.39 is 0 Å². The third-order valence-electron chi connectivity index (χ3n) is 7.54. The largest absolute Gasteiger partial charge is 0.345 e. The quantitative estimate of drug-likeness (QED) is 0.471. The summed E-state index contributed by atoms with van der Waals surface area (Å²) in [5.74, 6) is 1.95. The minimum absolute atomic E-state index is 0.0575. The molecule has 7 nitrogen and oxygen atoms in total. The van der Waals surface area contributed by atoms with E-state index in [0.717, 1.165) is 78.7 Å². The highest BCUT2D eigenvalue weighted by Gasteiger charge is 2.28. The Morgan fingerprint density at radius 3 is 2.52 bits per heavy atom. The molecule has 0 radical (unpaired) electrons. The summed E-state index contributed by atoms with van der Waals surface area (Å²) in [5.41, 5.74) is 2.81. The van der Waals surface area contributed by atoms with Gasteiger partial charge >= 0.3 is 0 Å². The number of nitrogens with zero attached hydrogens (tertiary/aromatic N) is 4. The predicted molar refractivity (Wildman–Crippen MR) is 133 cm³/mol. The van der Waals surface area contributed by atoms with E-state index in [1.54, 1.807) is 17.7 Å². The minimum Gasteiger partial charge on any atom is -0.345 e. The van der Waals surface area contributed by atoms with E-state index in [9.17, 15) is 4.79 Å². The third-order valence-corrected chi connectivity index (χ3v) is 9.93. The third kappa shape index (κ3) is 3.32. The fraction of sp³-hybridized carbons (Fsp3) is 0.500. The number of hydrogen-bond acceptors (Lipinski definition) is 7. The predicted octanol–water partition coefficient (Wildman–Crippen LogP) is 2.26. The van der Waals surface area contributed by atoms with Crippen LogP contribution >= 0.6 is 22.7 Å². The molecular formula is C24H27N6OS2+. The maximum absolute atomic E-state index is 12.9. The van der Waals surface area contributed by atoms with E-state index >= 15 is 0 Å². The molecule has 7 rings (SSSR count). The van der Waals surface area contributed by atoms with Crippen molar-refractivity contribution in [2.24, 2.45) is 0 Å². The molecule has 1 aliphatic heterocycles. The van der Waals surface area contributed by atoms with Gasteiger partial charge in [-0.2, -0.15) is 0 Å². The van der Waals surface area contributed by atoms with E-state index in [0.29, 0.717) is 0 Å². The van der Waals surface area contributed by atoms with Crippen molar-refractivity contribution >= 4 is 48.9 Å². The summed E-state index contributed by atoms with van der Waals surface area (Å²) < 4.78 is 0. The lowest BCUT2D eigenvalue weighted by molar-refractivity contribution is -0.915. The Bertz CT molecular complexity index is 1430. The van der Waals surface area contributed by atoms with Gasteiger partial charge in [0, 0.05) is 9.75 Å². The average molecular weight is 480 g/mol. The number of H-pyrrole nitrogens is 1. The van der Waals surface area contributed by atoms with Gasteiger partial charge in [0.05, 0.1) is 37.0 Å². The van der Waals surface area contributed by atoms with Crippen LogP contribution in [0.5, 0.6) is 0 Å². The number of anilines is 1. The van der Waals surface area contributed by atoms with Gasteiger partial charge in [-0.15, -0.1) is 22.7 Å². The molecule has 33 heavy (non-hydrogen) atoms. The molecule has 170 valence electrons. The van der Waals surface area contributed by atoms with Crippen LogP contribution < -0.4 is 15.4 Å². The molecule has 0 aromatic carbocycles. The average Bonchev–Trinajstić information content (AvgIpc) is 3.52. The molecule has 0 atom stereocenters. The molecule has 2 N–H and O–H groups in total. The molecule has 0 amide bonds. The smallest absolute Gasteiger partial charge is 0.260 e. The number of piperazine rings is 1. The Labute approximate surface area is 199 Å². The molecule has 0 saturated carbocycles. The van der Waals surface area contributed by atoms with Gasteiger partial charge in [0.2, 0.25) is 0 Å². The summed E-state index contributed by atoms with van der Waals surface area (Å²) >= 11 is 3.59. The van der Waals surface area contributed by atoms with Gasteiger partial charge in [-0.05, 0) is 56.1 Å². The first kappa shape index (κ1) is 20.1. The summed E-state index contributed by atoms with van der Waals surface area (Å²) in [6.45, 7) is 4.73. The van der Waals surface area contributed by atoms with Crippen molar-refractivity contribution in [3.8, 4) is 0 Å². The SMILES string of the molecule is O=c1[nH]c(C[NH+]2CCN(c3ncnc4sc5c(c34)CCC5)CC2)nc2sc3c(c12)CCCC3. The number of aryl methyl sites for hydroxylation is 4. The fourth-order valence-corrected chi connectivity index (χ4v) is 8.40.